The van der Waals surface area contributed by atoms with Crippen molar-refractivity contribution in [3.8, 4) is 12.1 Å². The van der Waals surface area contributed by atoms with E-state index < -0.39 is 11.5 Å². The number of nitrogens with zero attached hydrogens (tertiary/aromatic N) is 4. The van der Waals surface area contributed by atoms with Gasteiger partial charge >= 0.3 is 0 Å². The molecule has 2 aromatic rings. The number of hydrogen-bond acceptors (Lipinski definition) is 6. The van der Waals surface area contributed by atoms with E-state index in [1.165, 1.54) is 4.90 Å². The second-order valence-electron chi connectivity index (χ2n) is 9.51. The first-order valence-electron chi connectivity index (χ1n) is 11.3. The van der Waals surface area contributed by atoms with Crippen LogP contribution in [0.5, 0.6) is 0 Å². The van der Waals surface area contributed by atoms with Gasteiger partial charge in [-0.1, -0.05) is 36.4 Å². The molecule has 170 valence electrons. The van der Waals surface area contributed by atoms with E-state index in [4.69, 9.17) is 10.7 Å². The first-order valence-corrected chi connectivity index (χ1v) is 12.3. The number of aliphatic imine (C=N–C) groups is 1. The number of carbonyl (C=O) groups is 1. The van der Waals surface area contributed by atoms with Crippen molar-refractivity contribution in [2.24, 2.45) is 10.7 Å². The number of thioether (sulfide) groups is 1. The van der Waals surface area contributed by atoms with Crippen molar-refractivity contribution < 1.29 is 4.79 Å². The van der Waals surface area contributed by atoms with Crippen LogP contribution in [-0.4, -0.2) is 34.6 Å². The van der Waals surface area contributed by atoms with E-state index in [1.54, 1.807) is 24.9 Å². The van der Waals surface area contributed by atoms with Crippen molar-refractivity contribution in [3.05, 3.63) is 76.2 Å². The average molecular weight is 468 g/mol. The van der Waals surface area contributed by atoms with Crippen LogP contribution in [0.4, 0.5) is 0 Å². The van der Waals surface area contributed by atoms with Crippen LogP contribution in [-0.2, 0) is 10.2 Å². The summed E-state index contributed by atoms with van der Waals surface area (Å²) in [5, 5.41) is 20.9. The molecule has 2 aliphatic heterocycles. The topological polar surface area (TPSA) is 106 Å². The normalized spacial score (nSPS) is 27.4. The molecule has 1 fully saturated rings. The summed E-state index contributed by atoms with van der Waals surface area (Å²) in [5.41, 5.74) is 9.75. The molecule has 2 aromatic carbocycles. The molecule has 3 atom stereocenters. The Balaban J connectivity index is 1.48. The number of rotatable bonds is 4. The summed E-state index contributed by atoms with van der Waals surface area (Å²) in [6.07, 6.45) is 2.48. The van der Waals surface area contributed by atoms with E-state index in [0.717, 1.165) is 41.5 Å². The molecule has 0 aromatic heterocycles. The van der Waals surface area contributed by atoms with Gasteiger partial charge < -0.3 is 5.73 Å². The van der Waals surface area contributed by atoms with E-state index in [-0.39, 0.29) is 22.5 Å². The molecule has 3 aliphatic rings. The zero-order valence-corrected chi connectivity index (χ0v) is 20.0. The van der Waals surface area contributed by atoms with Gasteiger partial charge in [0.05, 0.1) is 34.6 Å². The van der Waals surface area contributed by atoms with E-state index in [9.17, 15) is 15.3 Å². The summed E-state index contributed by atoms with van der Waals surface area (Å²) in [5.74, 6) is -0.348. The maximum atomic E-state index is 13.5. The Morgan fingerprint density at radius 2 is 1.91 bits per heavy atom. The molecule has 6 nitrogen and oxygen atoms in total. The zero-order valence-electron chi connectivity index (χ0n) is 19.2. The van der Waals surface area contributed by atoms with Crippen LogP contribution in [0.1, 0.15) is 54.4 Å². The molecule has 1 unspecified atom stereocenters. The molecule has 1 saturated carbocycles. The van der Waals surface area contributed by atoms with Crippen LogP contribution in [0.3, 0.4) is 0 Å². The van der Waals surface area contributed by atoms with E-state index in [0.29, 0.717) is 5.56 Å². The summed E-state index contributed by atoms with van der Waals surface area (Å²) < 4.78 is 0. The van der Waals surface area contributed by atoms with Crippen molar-refractivity contribution in [1.29, 1.82) is 10.5 Å². The smallest absolute Gasteiger partial charge is 0.239 e. The minimum absolute atomic E-state index is 0.00278. The lowest BCUT2D eigenvalue weighted by molar-refractivity contribution is -0.130. The molecular formula is C27H25N5OS. The third-order valence-electron chi connectivity index (χ3n) is 7.42. The van der Waals surface area contributed by atoms with Gasteiger partial charge in [0.1, 0.15) is 0 Å². The number of likely N-dealkylation sites (N-methyl/N-ethyl adjacent to an activating group) is 1. The van der Waals surface area contributed by atoms with Crippen molar-refractivity contribution in [1.82, 2.24) is 4.90 Å². The quantitative estimate of drug-likeness (QED) is 0.722. The lowest BCUT2D eigenvalue weighted by Gasteiger charge is -2.43. The molecular weight excluding hydrogens is 442 g/mol. The predicted molar refractivity (Wildman–Crippen MR) is 134 cm³/mol. The summed E-state index contributed by atoms with van der Waals surface area (Å²) >= 11 is 1.67. The average Bonchev–Trinajstić information content (AvgIpc) is 3.49. The molecule has 5 rings (SSSR count). The van der Waals surface area contributed by atoms with Gasteiger partial charge in [-0.3, -0.25) is 9.69 Å². The van der Waals surface area contributed by atoms with Gasteiger partial charge in [0.25, 0.3) is 0 Å². The lowest BCUT2D eigenvalue weighted by atomic mass is 9.74. The molecule has 34 heavy (non-hydrogen) atoms. The molecule has 0 spiro atoms. The van der Waals surface area contributed by atoms with Crippen LogP contribution in [0.25, 0.3) is 5.57 Å². The van der Waals surface area contributed by atoms with Crippen LogP contribution in [0.2, 0.25) is 0 Å². The van der Waals surface area contributed by atoms with E-state index in [2.05, 4.69) is 17.5 Å². The summed E-state index contributed by atoms with van der Waals surface area (Å²) in [6, 6.07) is 20.1. The summed E-state index contributed by atoms with van der Waals surface area (Å²) in [4.78, 5) is 19.9. The second kappa shape index (κ2) is 8.04. The maximum Gasteiger partial charge on any atom is 0.239 e. The number of nitriles is 2. The fourth-order valence-electron chi connectivity index (χ4n) is 5.04. The molecule has 7 heteroatoms. The second-order valence-corrected chi connectivity index (χ2v) is 10.6. The van der Waals surface area contributed by atoms with Crippen molar-refractivity contribution >= 4 is 29.2 Å². The minimum atomic E-state index is -0.753. The Labute approximate surface area is 203 Å². The van der Waals surface area contributed by atoms with Crippen LogP contribution in [0.15, 0.2) is 58.9 Å². The summed E-state index contributed by atoms with van der Waals surface area (Å²) in [7, 11) is 1.66. The number of amides is 1. The lowest BCUT2D eigenvalue weighted by Crippen LogP contribution is -2.57. The molecule has 1 aliphatic carbocycles. The Morgan fingerprint density at radius 3 is 2.56 bits per heavy atom. The van der Waals surface area contributed by atoms with E-state index in [1.807, 2.05) is 49.4 Å². The van der Waals surface area contributed by atoms with Gasteiger partial charge in [0.2, 0.25) is 5.91 Å². The fourth-order valence-corrected chi connectivity index (χ4v) is 6.35. The summed E-state index contributed by atoms with van der Waals surface area (Å²) in [6.45, 7) is 2.02. The SMILES string of the molecule is CN1C(=O)[C@@H](c2ccc(C3(C#N)CC3)cc2)[C@@](C)(C2CC(c3cccc(C#N)c3)=CS2)N=C1N. The Morgan fingerprint density at radius 1 is 1.18 bits per heavy atom. The number of hydrogen-bond donors (Lipinski definition) is 1. The third-order valence-corrected chi connectivity index (χ3v) is 8.81. The molecule has 0 bridgehead atoms. The molecule has 1 amide bonds. The first-order chi connectivity index (χ1) is 16.3. The number of guanidine groups is 1. The zero-order chi connectivity index (χ0) is 24.1. The molecule has 2 N–H and O–H groups in total. The van der Waals surface area contributed by atoms with Crippen molar-refractivity contribution in [2.45, 2.75) is 48.3 Å². The Kier molecular flexibility index (Phi) is 5.26. The molecule has 0 saturated heterocycles. The first kappa shape index (κ1) is 22.3. The van der Waals surface area contributed by atoms with Gasteiger partial charge in [0, 0.05) is 12.3 Å². The highest BCUT2D eigenvalue weighted by Gasteiger charge is 2.52. The molecule has 0 radical (unpaired) electrons. The monoisotopic (exact) mass is 467 g/mol. The van der Waals surface area contributed by atoms with Crippen molar-refractivity contribution in [2.75, 3.05) is 7.05 Å². The van der Waals surface area contributed by atoms with Gasteiger partial charge in [-0.2, -0.15) is 10.5 Å². The largest absolute Gasteiger partial charge is 0.369 e. The van der Waals surface area contributed by atoms with Crippen LogP contribution >= 0.6 is 11.8 Å². The highest BCUT2D eigenvalue weighted by molar-refractivity contribution is 8.03. The standard InChI is InChI=1S/C27H25N5OS/c1-26(22-13-20(15-34-22)19-5-3-4-17(12-19)14-28)23(24(33)32(2)25(30)31-26)18-6-8-21(9-7-18)27(16-29)10-11-27/h3-9,12,15,22-23H,10-11,13H2,1-2H3,(H2,30,31)/t22?,23-,26-/m1/s1. The van der Waals surface area contributed by atoms with Crippen LogP contribution in [0, 0.1) is 22.7 Å². The Bertz CT molecular complexity index is 1310. The number of nitrogens with two attached hydrogens (primary N) is 1. The minimum Gasteiger partial charge on any atom is -0.369 e. The van der Waals surface area contributed by atoms with Gasteiger partial charge in [-0.05, 0) is 66.0 Å². The number of benzene rings is 2. The maximum absolute atomic E-state index is 13.5. The Hall–Kier alpha value is -3.55. The number of allylic oxidation sites excluding steroid dienone is 1. The van der Waals surface area contributed by atoms with Gasteiger partial charge in [-0.25, -0.2) is 4.99 Å². The van der Waals surface area contributed by atoms with Crippen molar-refractivity contribution in [3.63, 3.8) is 0 Å². The number of carbonyl (C=O) groups excluding carboxylic acids is 1. The highest BCUT2D eigenvalue weighted by Crippen LogP contribution is 2.51. The van der Waals surface area contributed by atoms with Gasteiger partial charge in [0.15, 0.2) is 5.96 Å². The predicted octanol–water partition coefficient (Wildman–Crippen LogP) is 4.29. The highest BCUT2D eigenvalue weighted by atomic mass is 32.2. The third kappa shape index (κ3) is 3.48. The fraction of sp³-hybridized carbons (Fsp3) is 0.333. The van der Waals surface area contributed by atoms with Gasteiger partial charge in [-0.15, -0.1) is 11.8 Å². The molecule has 2 heterocycles. The van der Waals surface area contributed by atoms with Crippen LogP contribution < -0.4 is 5.73 Å². The van der Waals surface area contributed by atoms with E-state index >= 15 is 0 Å².